The lowest BCUT2D eigenvalue weighted by molar-refractivity contribution is 0.453. The first kappa shape index (κ1) is 16.1. The minimum atomic E-state index is -0.757. The number of hydrogen-bond donors (Lipinski definition) is 1. The van der Waals surface area contributed by atoms with Crippen molar-refractivity contribution in [3.8, 4) is 0 Å². The summed E-state index contributed by atoms with van der Waals surface area (Å²) in [5, 5.41) is 4.13. The van der Waals surface area contributed by atoms with Crippen LogP contribution in [0.3, 0.4) is 0 Å². The molecule has 0 bridgehead atoms. The van der Waals surface area contributed by atoms with Crippen LogP contribution in [0.4, 0.5) is 8.78 Å². The quantitative estimate of drug-likeness (QED) is 0.872. The Labute approximate surface area is 128 Å². The van der Waals surface area contributed by atoms with Crippen LogP contribution in [-0.4, -0.2) is 28.6 Å². The molecule has 1 saturated heterocycles. The molecule has 1 aliphatic rings. The molecule has 1 nitrogen and oxygen atoms in total. The summed E-state index contributed by atoms with van der Waals surface area (Å²) in [5.74, 6) is 0.755. The van der Waals surface area contributed by atoms with Crippen LogP contribution >= 0.6 is 23.5 Å². The third-order valence-electron chi connectivity index (χ3n) is 3.56. The standard InChI is InChI=1S/C15H21F2NS2/c1-3-12-15(20-9-8-19-12)14(18-4-2)10-6-5-7-11(16)13(10)17/h5-7,12,14-15,18H,3-4,8-9H2,1-2H3. The molecule has 0 saturated carbocycles. The van der Waals surface area contributed by atoms with Gasteiger partial charge in [-0.3, -0.25) is 0 Å². The molecule has 0 spiro atoms. The first-order chi connectivity index (χ1) is 9.69. The summed E-state index contributed by atoms with van der Waals surface area (Å²) in [6.45, 7) is 4.92. The second-order valence-electron chi connectivity index (χ2n) is 4.83. The minimum absolute atomic E-state index is 0.126. The number of rotatable bonds is 5. The average Bonchev–Trinajstić information content (AvgIpc) is 2.48. The molecule has 1 fully saturated rings. The molecule has 0 aromatic heterocycles. The van der Waals surface area contributed by atoms with Gasteiger partial charge in [0.05, 0.1) is 0 Å². The largest absolute Gasteiger partial charge is 0.309 e. The molecule has 1 aromatic carbocycles. The van der Waals surface area contributed by atoms with Gasteiger partial charge in [-0.1, -0.05) is 26.0 Å². The molecule has 0 amide bonds. The van der Waals surface area contributed by atoms with Crippen LogP contribution in [0.5, 0.6) is 0 Å². The molecule has 1 aliphatic heterocycles. The van der Waals surface area contributed by atoms with Crippen LogP contribution in [0.25, 0.3) is 0 Å². The highest BCUT2D eigenvalue weighted by Gasteiger charge is 2.34. The highest BCUT2D eigenvalue weighted by atomic mass is 32.2. The Morgan fingerprint density at radius 1 is 1.25 bits per heavy atom. The van der Waals surface area contributed by atoms with Crippen molar-refractivity contribution in [2.24, 2.45) is 0 Å². The van der Waals surface area contributed by atoms with Gasteiger partial charge in [0, 0.05) is 33.6 Å². The van der Waals surface area contributed by atoms with E-state index < -0.39 is 11.6 Å². The molecular weight excluding hydrogens is 296 g/mol. The molecule has 1 N–H and O–H groups in total. The zero-order chi connectivity index (χ0) is 14.5. The second-order valence-corrected chi connectivity index (χ2v) is 7.46. The van der Waals surface area contributed by atoms with Gasteiger partial charge in [0.1, 0.15) is 0 Å². The predicted octanol–water partition coefficient (Wildman–Crippen LogP) is 4.24. The molecule has 3 unspecified atom stereocenters. The Balaban J connectivity index is 2.32. The topological polar surface area (TPSA) is 12.0 Å². The van der Waals surface area contributed by atoms with Gasteiger partial charge in [-0.05, 0) is 19.0 Å². The van der Waals surface area contributed by atoms with Crippen LogP contribution in [0.2, 0.25) is 0 Å². The van der Waals surface area contributed by atoms with Gasteiger partial charge in [-0.25, -0.2) is 8.78 Å². The molecule has 1 aromatic rings. The van der Waals surface area contributed by atoms with E-state index in [1.165, 1.54) is 6.07 Å². The van der Waals surface area contributed by atoms with E-state index in [1.807, 2.05) is 30.4 Å². The van der Waals surface area contributed by atoms with Crippen LogP contribution in [0.15, 0.2) is 18.2 Å². The summed E-state index contributed by atoms with van der Waals surface area (Å²) >= 11 is 3.83. The van der Waals surface area contributed by atoms with Crippen LogP contribution in [-0.2, 0) is 0 Å². The lowest BCUT2D eigenvalue weighted by atomic mass is 9.99. The molecule has 3 atom stereocenters. The minimum Gasteiger partial charge on any atom is -0.309 e. The Hall–Kier alpha value is -0.260. The van der Waals surface area contributed by atoms with E-state index in [-0.39, 0.29) is 11.3 Å². The van der Waals surface area contributed by atoms with Crippen molar-refractivity contribution in [3.63, 3.8) is 0 Å². The molecule has 0 aliphatic carbocycles. The Morgan fingerprint density at radius 2 is 2.00 bits per heavy atom. The van der Waals surface area contributed by atoms with E-state index in [9.17, 15) is 8.78 Å². The van der Waals surface area contributed by atoms with Crippen LogP contribution in [0.1, 0.15) is 31.9 Å². The predicted molar refractivity (Wildman–Crippen MR) is 85.6 cm³/mol. The zero-order valence-corrected chi connectivity index (χ0v) is 13.5. The fourth-order valence-electron chi connectivity index (χ4n) is 2.63. The second kappa shape index (κ2) is 7.66. The Bertz CT molecular complexity index is 442. The zero-order valence-electron chi connectivity index (χ0n) is 11.9. The summed E-state index contributed by atoms with van der Waals surface area (Å²) in [6.07, 6.45) is 1.06. The van der Waals surface area contributed by atoms with Gasteiger partial charge >= 0.3 is 0 Å². The maximum Gasteiger partial charge on any atom is 0.163 e. The van der Waals surface area contributed by atoms with E-state index >= 15 is 0 Å². The molecule has 2 rings (SSSR count). The first-order valence-electron chi connectivity index (χ1n) is 7.09. The number of thioether (sulfide) groups is 2. The summed E-state index contributed by atoms with van der Waals surface area (Å²) in [6, 6.07) is 4.36. The third-order valence-corrected chi connectivity index (χ3v) is 6.91. The van der Waals surface area contributed by atoms with Crippen molar-refractivity contribution in [2.45, 2.75) is 36.8 Å². The smallest absolute Gasteiger partial charge is 0.163 e. The monoisotopic (exact) mass is 317 g/mol. The third kappa shape index (κ3) is 3.49. The summed E-state index contributed by atoms with van der Waals surface area (Å²) < 4.78 is 27.6. The van der Waals surface area contributed by atoms with E-state index in [0.29, 0.717) is 10.8 Å². The van der Waals surface area contributed by atoms with Crippen LogP contribution in [0, 0.1) is 11.6 Å². The fraction of sp³-hybridized carbons (Fsp3) is 0.600. The van der Waals surface area contributed by atoms with Crippen molar-refractivity contribution < 1.29 is 8.78 Å². The van der Waals surface area contributed by atoms with Crippen LogP contribution < -0.4 is 5.32 Å². The average molecular weight is 317 g/mol. The lowest BCUT2D eigenvalue weighted by Gasteiger charge is -2.36. The maximum atomic E-state index is 14.1. The molecule has 5 heteroatoms. The van der Waals surface area contributed by atoms with Gasteiger partial charge in [-0.15, -0.1) is 0 Å². The highest BCUT2D eigenvalue weighted by molar-refractivity contribution is 8.07. The van der Waals surface area contributed by atoms with Crippen molar-refractivity contribution >= 4 is 23.5 Å². The number of halogens is 2. The van der Waals surface area contributed by atoms with E-state index in [2.05, 4.69) is 12.2 Å². The fourth-order valence-corrected chi connectivity index (χ4v) is 5.87. The number of benzene rings is 1. The normalized spacial score (nSPS) is 24.6. The van der Waals surface area contributed by atoms with Gasteiger partial charge in [0.15, 0.2) is 11.6 Å². The van der Waals surface area contributed by atoms with E-state index in [4.69, 9.17) is 0 Å². The van der Waals surface area contributed by atoms with Gasteiger partial charge in [-0.2, -0.15) is 23.5 Å². The number of nitrogens with one attached hydrogen (secondary N) is 1. The first-order valence-corrected chi connectivity index (χ1v) is 9.19. The van der Waals surface area contributed by atoms with Gasteiger partial charge in [0.2, 0.25) is 0 Å². The molecule has 20 heavy (non-hydrogen) atoms. The van der Waals surface area contributed by atoms with Crippen molar-refractivity contribution in [1.82, 2.24) is 5.32 Å². The SMILES string of the molecule is CCNC(c1cccc(F)c1F)C1SCCSC1CC. The summed E-state index contributed by atoms with van der Waals surface area (Å²) in [5.41, 5.74) is 0.463. The lowest BCUT2D eigenvalue weighted by Crippen LogP contribution is -2.39. The van der Waals surface area contributed by atoms with Gasteiger partial charge < -0.3 is 5.32 Å². The molecular formula is C15H21F2NS2. The Morgan fingerprint density at radius 3 is 2.70 bits per heavy atom. The van der Waals surface area contributed by atoms with Gasteiger partial charge in [0.25, 0.3) is 0 Å². The molecule has 1 heterocycles. The molecule has 112 valence electrons. The highest BCUT2D eigenvalue weighted by Crippen LogP contribution is 2.40. The Kier molecular flexibility index (Phi) is 6.18. The van der Waals surface area contributed by atoms with Crippen molar-refractivity contribution in [2.75, 3.05) is 18.1 Å². The van der Waals surface area contributed by atoms with E-state index in [1.54, 1.807) is 12.1 Å². The summed E-state index contributed by atoms with van der Waals surface area (Å²) in [4.78, 5) is 0. The molecule has 0 radical (unpaired) electrons. The van der Waals surface area contributed by atoms with Crippen molar-refractivity contribution in [3.05, 3.63) is 35.4 Å². The van der Waals surface area contributed by atoms with Crippen molar-refractivity contribution in [1.29, 1.82) is 0 Å². The summed E-state index contributed by atoms with van der Waals surface area (Å²) in [7, 11) is 0. The van der Waals surface area contributed by atoms with E-state index in [0.717, 1.165) is 24.5 Å². The maximum absolute atomic E-state index is 14.1. The number of hydrogen-bond acceptors (Lipinski definition) is 3.